The molecule has 0 atom stereocenters. The smallest absolute Gasteiger partial charge is 0.310 e. The normalized spacial score (nSPS) is 8.36. The van der Waals surface area contributed by atoms with Gasteiger partial charge in [0.15, 0.2) is 5.75 Å². The molecule has 5 heteroatoms. The summed E-state index contributed by atoms with van der Waals surface area (Å²) in [5, 5.41) is 18.9. The van der Waals surface area contributed by atoms with Crippen molar-refractivity contribution in [2.45, 2.75) is 0 Å². The minimum absolute atomic E-state index is 0. The first kappa shape index (κ1) is 9.71. The van der Waals surface area contributed by atoms with E-state index in [1.165, 1.54) is 24.3 Å². The molecule has 0 fully saturated rings. The summed E-state index contributed by atoms with van der Waals surface area (Å²) in [5.41, 5.74) is -0.262. The maximum atomic E-state index is 10.1. The number of nitro groups is 1. The molecule has 4 nitrogen and oxygen atoms in total. The summed E-state index contributed by atoms with van der Waals surface area (Å²) in [5.74, 6) is -0.299. The van der Waals surface area contributed by atoms with Gasteiger partial charge in [-0.15, -0.1) is 12.4 Å². The van der Waals surface area contributed by atoms with Gasteiger partial charge in [0, 0.05) is 6.07 Å². The fourth-order valence-corrected chi connectivity index (χ4v) is 0.619. The lowest BCUT2D eigenvalue weighted by molar-refractivity contribution is -0.385. The zero-order chi connectivity index (χ0) is 7.56. The van der Waals surface area contributed by atoms with E-state index in [2.05, 4.69) is 0 Å². The fourth-order valence-electron chi connectivity index (χ4n) is 0.619. The molecule has 1 rings (SSSR count). The molecule has 1 N–H and O–H groups in total. The first-order valence-electron chi connectivity index (χ1n) is 2.64. The number of rotatable bonds is 1. The maximum absolute atomic E-state index is 10.1. The van der Waals surface area contributed by atoms with Crippen molar-refractivity contribution in [3.05, 3.63) is 34.4 Å². The molecule has 0 saturated heterocycles. The van der Waals surface area contributed by atoms with Crippen LogP contribution in [0.1, 0.15) is 0 Å². The van der Waals surface area contributed by atoms with Gasteiger partial charge in [-0.3, -0.25) is 10.1 Å². The Labute approximate surface area is 69.0 Å². The average molecular weight is 176 g/mol. The number of nitrogens with zero attached hydrogens (tertiary/aromatic N) is 1. The standard InChI is InChI=1S/C6H5NO3.ClH/c8-6-4-2-1-3-5(6)7(9)10;/h1-4,8H;1H. The number of para-hydroxylation sites is 2. The van der Waals surface area contributed by atoms with E-state index in [0.717, 1.165) is 0 Å². The number of phenolic OH excluding ortho intramolecular Hbond substituents is 1. The van der Waals surface area contributed by atoms with Crippen molar-refractivity contribution in [1.82, 2.24) is 0 Å². The summed E-state index contributed by atoms with van der Waals surface area (Å²) in [4.78, 5) is 9.44. The molecular weight excluding hydrogens is 170 g/mol. The highest BCUT2D eigenvalue weighted by Crippen LogP contribution is 2.23. The van der Waals surface area contributed by atoms with Crippen molar-refractivity contribution in [2.75, 3.05) is 0 Å². The Hall–Kier alpha value is -1.29. The Balaban J connectivity index is 0.000001000. The summed E-state index contributed by atoms with van der Waals surface area (Å²) in [6.07, 6.45) is 0. The largest absolute Gasteiger partial charge is 0.502 e. The van der Waals surface area contributed by atoms with Crippen molar-refractivity contribution in [2.24, 2.45) is 0 Å². The van der Waals surface area contributed by atoms with Gasteiger partial charge in [0.2, 0.25) is 0 Å². The third kappa shape index (κ3) is 2.09. The number of benzene rings is 1. The van der Waals surface area contributed by atoms with Crippen LogP contribution in [0.4, 0.5) is 5.69 Å². The highest BCUT2D eigenvalue weighted by atomic mass is 35.5. The Morgan fingerprint density at radius 3 is 2.27 bits per heavy atom. The van der Waals surface area contributed by atoms with Crippen LogP contribution in [0.2, 0.25) is 0 Å². The van der Waals surface area contributed by atoms with Crippen LogP contribution < -0.4 is 0 Å². The van der Waals surface area contributed by atoms with E-state index in [4.69, 9.17) is 5.11 Å². The van der Waals surface area contributed by atoms with Gasteiger partial charge < -0.3 is 5.11 Å². The zero-order valence-electron chi connectivity index (χ0n) is 5.43. The maximum Gasteiger partial charge on any atom is 0.310 e. The molecule has 0 aromatic heterocycles. The predicted molar refractivity (Wildman–Crippen MR) is 42.0 cm³/mol. The van der Waals surface area contributed by atoms with Gasteiger partial charge in [-0.1, -0.05) is 12.1 Å². The lowest BCUT2D eigenvalue weighted by Crippen LogP contribution is -1.86. The van der Waals surface area contributed by atoms with E-state index in [1.54, 1.807) is 0 Å². The van der Waals surface area contributed by atoms with Crippen LogP contribution in [-0.2, 0) is 0 Å². The van der Waals surface area contributed by atoms with Gasteiger partial charge in [-0.2, -0.15) is 0 Å². The molecule has 0 amide bonds. The molecule has 0 radical (unpaired) electrons. The number of phenols is 1. The number of nitro benzene ring substituents is 1. The Kier molecular flexibility index (Phi) is 3.33. The second kappa shape index (κ2) is 3.78. The topological polar surface area (TPSA) is 63.4 Å². The number of hydrogen-bond donors (Lipinski definition) is 1. The van der Waals surface area contributed by atoms with Crippen molar-refractivity contribution in [1.29, 1.82) is 0 Å². The van der Waals surface area contributed by atoms with Crippen molar-refractivity contribution >= 4 is 18.1 Å². The quantitative estimate of drug-likeness (QED) is 0.522. The molecule has 0 heterocycles. The zero-order valence-corrected chi connectivity index (χ0v) is 6.25. The Bertz CT molecular complexity index is 264. The van der Waals surface area contributed by atoms with Crippen LogP contribution >= 0.6 is 12.4 Å². The minimum atomic E-state index is -0.630. The van der Waals surface area contributed by atoms with Crippen LogP contribution in [0.5, 0.6) is 5.75 Å². The summed E-state index contributed by atoms with van der Waals surface area (Å²) in [6.45, 7) is 0. The number of aromatic hydroxyl groups is 1. The summed E-state index contributed by atoms with van der Waals surface area (Å²) >= 11 is 0. The van der Waals surface area contributed by atoms with E-state index < -0.39 is 4.92 Å². The van der Waals surface area contributed by atoms with Crippen molar-refractivity contribution in [3.63, 3.8) is 0 Å². The molecule has 1 aromatic rings. The highest BCUT2D eigenvalue weighted by molar-refractivity contribution is 5.85. The van der Waals surface area contributed by atoms with Crippen LogP contribution in [0.15, 0.2) is 24.3 Å². The first-order valence-corrected chi connectivity index (χ1v) is 2.64. The van der Waals surface area contributed by atoms with E-state index in [9.17, 15) is 10.1 Å². The highest BCUT2D eigenvalue weighted by Gasteiger charge is 2.09. The van der Waals surface area contributed by atoms with Crippen molar-refractivity contribution < 1.29 is 10.0 Å². The SMILES string of the molecule is Cl.O=[N+]([O-])c1ccccc1O. The van der Waals surface area contributed by atoms with Crippen LogP contribution in [-0.4, -0.2) is 10.0 Å². The summed E-state index contributed by atoms with van der Waals surface area (Å²) in [6, 6.07) is 5.55. The predicted octanol–water partition coefficient (Wildman–Crippen LogP) is 1.72. The molecular formula is C6H6ClNO3. The van der Waals surface area contributed by atoms with Gasteiger partial charge in [-0.05, 0) is 6.07 Å². The Morgan fingerprint density at radius 1 is 1.36 bits per heavy atom. The first-order chi connectivity index (χ1) is 4.72. The molecule has 0 aliphatic rings. The molecule has 0 bridgehead atoms. The molecule has 0 spiro atoms. The average Bonchev–Trinajstić information content (AvgIpc) is 1.88. The van der Waals surface area contributed by atoms with Crippen LogP contribution in [0.25, 0.3) is 0 Å². The molecule has 11 heavy (non-hydrogen) atoms. The lowest BCUT2D eigenvalue weighted by Gasteiger charge is -1.91. The van der Waals surface area contributed by atoms with E-state index in [0.29, 0.717) is 0 Å². The van der Waals surface area contributed by atoms with Crippen molar-refractivity contribution in [3.8, 4) is 5.75 Å². The summed E-state index contributed by atoms with van der Waals surface area (Å²) < 4.78 is 0. The number of halogens is 1. The second-order valence-corrected chi connectivity index (χ2v) is 1.75. The van der Waals surface area contributed by atoms with Gasteiger partial charge >= 0.3 is 5.69 Å². The molecule has 0 unspecified atom stereocenters. The molecule has 60 valence electrons. The van der Waals surface area contributed by atoms with Gasteiger partial charge in [0.25, 0.3) is 0 Å². The summed E-state index contributed by atoms with van der Waals surface area (Å²) in [7, 11) is 0. The fraction of sp³-hybridized carbons (Fsp3) is 0. The molecule has 0 aliphatic heterocycles. The second-order valence-electron chi connectivity index (χ2n) is 1.75. The third-order valence-corrected chi connectivity index (χ3v) is 1.08. The lowest BCUT2D eigenvalue weighted by atomic mass is 10.3. The van der Waals surface area contributed by atoms with Gasteiger partial charge in [0.05, 0.1) is 4.92 Å². The Morgan fingerprint density at radius 2 is 1.91 bits per heavy atom. The van der Waals surface area contributed by atoms with Gasteiger partial charge in [-0.25, -0.2) is 0 Å². The molecule has 0 saturated carbocycles. The van der Waals surface area contributed by atoms with Gasteiger partial charge in [0.1, 0.15) is 0 Å². The van der Waals surface area contributed by atoms with E-state index >= 15 is 0 Å². The number of hydrogen-bond acceptors (Lipinski definition) is 3. The van der Waals surface area contributed by atoms with E-state index in [-0.39, 0.29) is 23.8 Å². The molecule has 1 aromatic carbocycles. The minimum Gasteiger partial charge on any atom is -0.502 e. The third-order valence-electron chi connectivity index (χ3n) is 1.08. The van der Waals surface area contributed by atoms with E-state index in [1.807, 2.05) is 0 Å². The van der Waals surface area contributed by atoms with Crippen LogP contribution in [0.3, 0.4) is 0 Å². The van der Waals surface area contributed by atoms with Crippen LogP contribution in [0, 0.1) is 10.1 Å². The molecule has 0 aliphatic carbocycles. The monoisotopic (exact) mass is 175 g/mol.